The number of hydrogen-bond donors (Lipinski definition) is 2. The van der Waals surface area contributed by atoms with E-state index in [0.29, 0.717) is 31.6 Å². The Morgan fingerprint density at radius 2 is 1.96 bits per heavy atom. The van der Waals surface area contributed by atoms with Crippen molar-refractivity contribution in [3.05, 3.63) is 29.8 Å². The number of benzene rings is 1. The van der Waals surface area contributed by atoms with Crippen LogP contribution in [0.3, 0.4) is 0 Å². The van der Waals surface area contributed by atoms with Crippen LogP contribution < -0.4 is 15.5 Å². The van der Waals surface area contributed by atoms with Crippen molar-refractivity contribution in [1.82, 2.24) is 0 Å². The van der Waals surface area contributed by atoms with Crippen LogP contribution in [-0.2, 0) is 14.4 Å². The lowest BCUT2D eigenvalue weighted by molar-refractivity contribution is -0.920. The standard InChI is InChI=1S/C17H21N3O3/c1-11-3-2-4-13(9-11)20-15(21)10-14(17(20)23)19-7-5-12(6-8-19)16(18)22/h2-4,9,12,14H,5-8,10H2,1H3,(H2,18,22)/p+1. The maximum atomic E-state index is 12.7. The maximum absolute atomic E-state index is 12.7. The number of nitrogens with one attached hydrogen (secondary N) is 1. The lowest BCUT2D eigenvalue weighted by Gasteiger charge is -2.30. The zero-order valence-electron chi connectivity index (χ0n) is 13.2. The second-order valence-electron chi connectivity index (χ2n) is 6.50. The summed E-state index contributed by atoms with van der Waals surface area (Å²) in [5, 5.41) is 0. The van der Waals surface area contributed by atoms with Crippen molar-refractivity contribution in [2.75, 3.05) is 18.0 Å². The first-order chi connectivity index (χ1) is 11.0. The number of anilines is 1. The predicted octanol–water partition coefficient (Wildman–Crippen LogP) is -0.593. The molecule has 0 saturated carbocycles. The number of primary amides is 1. The SMILES string of the molecule is Cc1cccc(N2C(=O)CC([NH+]3CCC(C(N)=O)CC3)C2=O)c1. The lowest BCUT2D eigenvalue weighted by atomic mass is 9.95. The molecule has 3 rings (SSSR count). The second kappa shape index (κ2) is 6.12. The van der Waals surface area contributed by atoms with Crippen LogP contribution in [0.5, 0.6) is 0 Å². The fourth-order valence-corrected chi connectivity index (χ4v) is 3.61. The molecule has 1 aromatic carbocycles. The van der Waals surface area contributed by atoms with Crippen LogP contribution in [0.25, 0.3) is 0 Å². The van der Waals surface area contributed by atoms with Gasteiger partial charge in [0.2, 0.25) is 11.8 Å². The van der Waals surface area contributed by atoms with Gasteiger partial charge in [-0.2, -0.15) is 0 Å². The predicted molar refractivity (Wildman–Crippen MR) is 84.7 cm³/mol. The van der Waals surface area contributed by atoms with Gasteiger partial charge in [0.05, 0.1) is 25.2 Å². The Bertz CT molecular complexity index is 650. The number of quaternary nitrogens is 1. The number of imide groups is 1. The Balaban J connectivity index is 1.73. The Morgan fingerprint density at radius 1 is 1.26 bits per heavy atom. The zero-order chi connectivity index (χ0) is 16.6. The molecule has 0 aromatic heterocycles. The summed E-state index contributed by atoms with van der Waals surface area (Å²) in [6.45, 7) is 3.35. The molecule has 2 aliphatic rings. The summed E-state index contributed by atoms with van der Waals surface area (Å²) >= 11 is 0. The Labute approximate surface area is 135 Å². The molecule has 3 amide bonds. The van der Waals surface area contributed by atoms with Crippen LogP contribution in [0.2, 0.25) is 0 Å². The topological polar surface area (TPSA) is 84.9 Å². The van der Waals surface area contributed by atoms with Gasteiger partial charge in [-0.3, -0.25) is 14.4 Å². The number of likely N-dealkylation sites (tertiary alicyclic amines) is 1. The van der Waals surface area contributed by atoms with Crippen molar-refractivity contribution in [2.24, 2.45) is 11.7 Å². The normalized spacial score (nSPS) is 28.2. The number of carbonyl (C=O) groups excluding carboxylic acids is 3. The zero-order valence-corrected chi connectivity index (χ0v) is 13.2. The van der Waals surface area contributed by atoms with E-state index < -0.39 is 0 Å². The van der Waals surface area contributed by atoms with Crippen LogP contribution in [0, 0.1) is 12.8 Å². The fraction of sp³-hybridized carbons (Fsp3) is 0.471. The van der Waals surface area contributed by atoms with E-state index in [1.165, 1.54) is 4.90 Å². The molecule has 0 spiro atoms. The summed E-state index contributed by atoms with van der Waals surface area (Å²) in [5.41, 5.74) is 7.01. The van der Waals surface area contributed by atoms with E-state index in [1.54, 1.807) is 6.07 Å². The first-order valence-electron chi connectivity index (χ1n) is 8.04. The number of nitrogens with zero attached hydrogens (tertiary/aromatic N) is 1. The number of aryl methyl sites for hydroxylation is 1. The smallest absolute Gasteiger partial charge is 0.292 e. The molecule has 3 N–H and O–H groups in total. The number of hydrogen-bond acceptors (Lipinski definition) is 3. The monoisotopic (exact) mass is 316 g/mol. The molecule has 0 bridgehead atoms. The molecule has 2 fully saturated rings. The number of piperidine rings is 1. The van der Waals surface area contributed by atoms with Gasteiger partial charge in [0.25, 0.3) is 5.91 Å². The molecule has 0 radical (unpaired) electrons. The quantitative estimate of drug-likeness (QED) is 0.731. The van der Waals surface area contributed by atoms with E-state index in [9.17, 15) is 14.4 Å². The van der Waals surface area contributed by atoms with Crippen LogP contribution in [0.4, 0.5) is 5.69 Å². The molecule has 2 aliphatic heterocycles. The number of carbonyl (C=O) groups is 3. The van der Waals surface area contributed by atoms with Gasteiger partial charge in [0, 0.05) is 18.8 Å². The van der Waals surface area contributed by atoms with E-state index in [2.05, 4.69) is 0 Å². The number of rotatable bonds is 3. The van der Waals surface area contributed by atoms with Gasteiger partial charge in [-0.15, -0.1) is 0 Å². The summed E-state index contributed by atoms with van der Waals surface area (Å²) in [5.74, 6) is -0.638. The van der Waals surface area contributed by atoms with Gasteiger partial charge >= 0.3 is 0 Å². The highest BCUT2D eigenvalue weighted by molar-refractivity contribution is 6.21. The third kappa shape index (κ3) is 2.99. The van der Waals surface area contributed by atoms with E-state index in [0.717, 1.165) is 10.5 Å². The molecular formula is C17H22N3O3+. The van der Waals surface area contributed by atoms with Crippen molar-refractivity contribution in [2.45, 2.75) is 32.2 Å². The Morgan fingerprint density at radius 3 is 2.57 bits per heavy atom. The van der Waals surface area contributed by atoms with Crippen molar-refractivity contribution in [1.29, 1.82) is 0 Å². The third-order valence-corrected chi connectivity index (χ3v) is 4.93. The molecule has 0 aliphatic carbocycles. The van der Waals surface area contributed by atoms with Crippen molar-refractivity contribution >= 4 is 23.4 Å². The first-order valence-corrected chi connectivity index (χ1v) is 8.04. The summed E-state index contributed by atoms with van der Waals surface area (Å²) < 4.78 is 0. The van der Waals surface area contributed by atoms with E-state index in [-0.39, 0.29) is 36.1 Å². The summed E-state index contributed by atoms with van der Waals surface area (Å²) in [4.78, 5) is 38.7. The average molecular weight is 316 g/mol. The van der Waals surface area contributed by atoms with Gasteiger partial charge < -0.3 is 10.6 Å². The number of amides is 3. The minimum Gasteiger partial charge on any atom is -0.369 e. The molecule has 23 heavy (non-hydrogen) atoms. The molecule has 1 aromatic rings. The number of nitrogens with two attached hydrogens (primary N) is 1. The fourth-order valence-electron chi connectivity index (χ4n) is 3.61. The Kier molecular flexibility index (Phi) is 4.17. The maximum Gasteiger partial charge on any atom is 0.292 e. The summed E-state index contributed by atoms with van der Waals surface area (Å²) in [7, 11) is 0. The van der Waals surface area contributed by atoms with Crippen molar-refractivity contribution in [3.8, 4) is 0 Å². The highest BCUT2D eigenvalue weighted by Crippen LogP contribution is 2.23. The van der Waals surface area contributed by atoms with E-state index >= 15 is 0 Å². The van der Waals surface area contributed by atoms with Crippen LogP contribution >= 0.6 is 0 Å². The molecule has 1 atom stereocenters. The highest BCUT2D eigenvalue weighted by atomic mass is 16.2. The van der Waals surface area contributed by atoms with Crippen LogP contribution in [0.15, 0.2) is 24.3 Å². The van der Waals surface area contributed by atoms with E-state index in [1.807, 2.05) is 25.1 Å². The lowest BCUT2D eigenvalue weighted by Crippen LogP contribution is -3.17. The molecule has 2 heterocycles. The van der Waals surface area contributed by atoms with Gasteiger partial charge in [-0.25, -0.2) is 4.90 Å². The summed E-state index contributed by atoms with van der Waals surface area (Å²) in [6.07, 6.45) is 1.61. The summed E-state index contributed by atoms with van der Waals surface area (Å²) in [6, 6.07) is 7.10. The van der Waals surface area contributed by atoms with Gasteiger partial charge in [0.1, 0.15) is 0 Å². The Hall–Kier alpha value is -2.21. The molecular weight excluding hydrogens is 294 g/mol. The van der Waals surface area contributed by atoms with Crippen LogP contribution in [-0.4, -0.2) is 36.9 Å². The second-order valence-corrected chi connectivity index (χ2v) is 6.50. The third-order valence-electron chi connectivity index (χ3n) is 4.93. The minimum atomic E-state index is -0.336. The molecule has 6 heteroatoms. The van der Waals surface area contributed by atoms with Gasteiger partial charge in [-0.05, 0) is 24.6 Å². The largest absolute Gasteiger partial charge is 0.369 e. The molecule has 2 saturated heterocycles. The minimum absolute atomic E-state index is 0.0983. The van der Waals surface area contributed by atoms with Gasteiger partial charge in [0.15, 0.2) is 6.04 Å². The van der Waals surface area contributed by atoms with Crippen LogP contribution in [0.1, 0.15) is 24.8 Å². The van der Waals surface area contributed by atoms with Gasteiger partial charge in [-0.1, -0.05) is 12.1 Å². The molecule has 6 nitrogen and oxygen atoms in total. The van der Waals surface area contributed by atoms with Crippen molar-refractivity contribution in [3.63, 3.8) is 0 Å². The first kappa shape index (κ1) is 15.7. The van der Waals surface area contributed by atoms with E-state index in [4.69, 9.17) is 5.73 Å². The van der Waals surface area contributed by atoms with Crippen molar-refractivity contribution < 1.29 is 19.3 Å². The molecule has 1 unspecified atom stereocenters. The molecule has 122 valence electrons. The highest BCUT2D eigenvalue weighted by Gasteiger charge is 2.46. The average Bonchev–Trinajstić information content (AvgIpc) is 2.82.